The van der Waals surface area contributed by atoms with Crippen LogP contribution in [0.4, 0.5) is 16.3 Å². The van der Waals surface area contributed by atoms with Gasteiger partial charge in [0.15, 0.2) is 5.82 Å². The summed E-state index contributed by atoms with van der Waals surface area (Å²) in [5.74, 6) is -0.0577. The van der Waals surface area contributed by atoms with E-state index in [2.05, 4.69) is 30.7 Å². The molecule has 0 spiro atoms. The van der Waals surface area contributed by atoms with Crippen LogP contribution in [0, 0.1) is 0 Å². The second-order valence-electron chi connectivity index (χ2n) is 4.71. The zero-order valence-corrected chi connectivity index (χ0v) is 12.2. The van der Waals surface area contributed by atoms with Crippen molar-refractivity contribution in [2.75, 3.05) is 17.7 Å². The van der Waals surface area contributed by atoms with Gasteiger partial charge in [-0.15, -0.1) is 5.10 Å². The number of carbonyl (C=O) groups is 2. The summed E-state index contributed by atoms with van der Waals surface area (Å²) in [6, 6.07) is 7.54. The Balaban J connectivity index is 1.65. The highest BCUT2D eigenvalue weighted by Gasteiger charge is 2.10. The molecule has 9 nitrogen and oxygen atoms in total. The second kappa shape index (κ2) is 6.18. The monoisotopic (exact) mass is 314 g/mol. The van der Waals surface area contributed by atoms with Crippen molar-refractivity contribution in [1.29, 1.82) is 0 Å². The number of carbonyl (C=O) groups excluding carboxylic acids is 2. The molecule has 0 aliphatic rings. The number of hydrogen-bond acceptors (Lipinski definition) is 5. The normalized spacial score (nSPS) is 10.5. The third-order valence-electron chi connectivity index (χ3n) is 3.12. The summed E-state index contributed by atoms with van der Waals surface area (Å²) in [6.07, 6.45) is 2.59. The summed E-state index contributed by atoms with van der Waals surface area (Å²) < 4.78 is 5.76. The molecule has 0 atom stereocenters. The first kappa shape index (κ1) is 14.6. The number of rotatable bonds is 4. The summed E-state index contributed by atoms with van der Waals surface area (Å²) in [5.41, 5.74) is 1.54. The van der Waals surface area contributed by atoms with Gasteiger partial charge in [0.2, 0.25) is 5.91 Å². The molecule has 2 heterocycles. The van der Waals surface area contributed by atoms with Crippen LogP contribution in [0.5, 0.6) is 0 Å². The maximum atomic E-state index is 12.1. The number of nitrogens with zero attached hydrogens (tertiary/aromatic N) is 3. The van der Waals surface area contributed by atoms with Gasteiger partial charge < -0.3 is 15.0 Å². The Kier molecular flexibility index (Phi) is 3.91. The molecular formula is C14H14N6O3. The van der Waals surface area contributed by atoms with Gasteiger partial charge in [-0.3, -0.25) is 10.1 Å². The van der Waals surface area contributed by atoms with Gasteiger partial charge >= 0.3 is 6.09 Å². The summed E-state index contributed by atoms with van der Waals surface area (Å²) in [4.78, 5) is 26.2. The lowest BCUT2D eigenvalue weighted by atomic mass is 10.2. The fourth-order valence-corrected chi connectivity index (χ4v) is 2.11. The number of para-hydroxylation sites is 1. The molecule has 0 saturated heterocycles. The Bertz CT molecular complexity index is 853. The predicted molar refractivity (Wildman–Crippen MR) is 83.0 cm³/mol. The van der Waals surface area contributed by atoms with Gasteiger partial charge in [0.1, 0.15) is 6.54 Å². The molecule has 2 amide bonds. The van der Waals surface area contributed by atoms with Crippen LogP contribution in [0.3, 0.4) is 0 Å². The molecule has 0 radical (unpaired) electrons. The first-order valence-electron chi connectivity index (χ1n) is 6.77. The van der Waals surface area contributed by atoms with Crippen molar-refractivity contribution in [3.63, 3.8) is 0 Å². The minimum atomic E-state index is -0.653. The quantitative estimate of drug-likeness (QED) is 0.676. The third-order valence-corrected chi connectivity index (χ3v) is 3.12. The molecule has 0 fully saturated rings. The zero-order chi connectivity index (χ0) is 16.2. The number of hydrogen-bond donors (Lipinski definition) is 3. The maximum Gasteiger partial charge on any atom is 0.412 e. The van der Waals surface area contributed by atoms with E-state index in [-0.39, 0.29) is 18.3 Å². The van der Waals surface area contributed by atoms with Crippen molar-refractivity contribution in [1.82, 2.24) is 20.0 Å². The van der Waals surface area contributed by atoms with Crippen molar-refractivity contribution >= 4 is 34.4 Å². The molecule has 0 unspecified atom stereocenters. The molecule has 23 heavy (non-hydrogen) atoms. The van der Waals surface area contributed by atoms with E-state index in [4.69, 9.17) is 0 Å². The molecule has 3 rings (SSSR count). The van der Waals surface area contributed by atoms with Gasteiger partial charge in [0.25, 0.3) is 0 Å². The molecule has 0 aliphatic heterocycles. The lowest BCUT2D eigenvalue weighted by molar-refractivity contribution is -0.116. The summed E-state index contributed by atoms with van der Waals surface area (Å²) in [6.45, 7) is -0.0348. The van der Waals surface area contributed by atoms with Crippen molar-refractivity contribution in [3.05, 3.63) is 36.7 Å². The average molecular weight is 314 g/mol. The largest absolute Gasteiger partial charge is 0.453 e. The lowest BCUT2D eigenvalue weighted by Crippen LogP contribution is -2.19. The highest BCUT2D eigenvalue weighted by Crippen LogP contribution is 2.21. The molecule has 9 heteroatoms. The van der Waals surface area contributed by atoms with E-state index in [1.807, 2.05) is 30.5 Å². The predicted octanol–water partition coefficient (Wildman–Crippen LogP) is 1.58. The fraction of sp³-hybridized carbons (Fsp3) is 0.143. The minimum absolute atomic E-state index is 0.0348. The molecule has 0 saturated carbocycles. The van der Waals surface area contributed by atoms with E-state index in [9.17, 15) is 9.59 Å². The lowest BCUT2D eigenvalue weighted by Gasteiger charge is -2.06. The van der Waals surface area contributed by atoms with Gasteiger partial charge in [0, 0.05) is 11.6 Å². The SMILES string of the molecule is COC(=O)Nc1cn(CC(=O)Nc2cccc3cc[nH]c23)nn1. The molecule has 118 valence electrons. The van der Waals surface area contributed by atoms with Crippen LogP contribution in [0.15, 0.2) is 36.7 Å². The van der Waals surface area contributed by atoms with Crippen molar-refractivity contribution in [2.24, 2.45) is 0 Å². The Labute approximate surface area is 130 Å². The number of anilines is 2. The first-order chi connectivity index (χ1) is 11.2. The van der Waals surface area contributed by atoms with Crippen LogP contribution in [-0.4, -0.2) is 39.1 Å². The number of methoxy groups -OCH3 is 1. The topological polar surface area (TPSA) is 114 Å². The van der Waals surface area contributed by atoms with Gasteiger partial charge in [0.05, 0.1) is 24.5 Å². The smallest absolute Gasteiger partial charge is 0.412 e. The van der Waals surface area contributed by atoms with Crippen molar-refractivity contribution in [2.45, 2.75) is 6.54 Å². The summed E-state index contributed by atoms with van der Waals surface area (Å²) in [7, 11) is 1.24. The van der Waals surface area contributed by atoms with Crippen LogP contribution in [0.1, 0.15) is 0 Å². The maximum absolute atomic E-state index is 12.1. The Morgan fingerprint density at radius 2 is 2.17 bits per heavy atom. The van der Waals surface area contributed by atoms with E-state index in [1.54, 1.807) is 0 Å². The number of ether oxygens (including phenoxy) is 1. The number of nitrogens with one attached hydrogen (secondary N) is 3. The van der Waals surface area contributed by atoms with Gasteiger partial charge in [-0.2, -0.15) is 0 Å². The number of aromatic nitrogens is 4. The number of aromatic amines is 1. The van der Waals surface area contributed by atoms with Gasteiger partial charge in [-0.1, -0.05) is 17.3 Å². The molecule has 0 aliphatic carbocycles. The fourth-order valence-electron chi connectivity index (χ4n) is 2.11. The van der Waals surface area contributed by atoms with E-state index >= 15 is 0 Å². The summed E-state index contributed by atoms with van der Waals surface area (Å²) >= 11 is 0. The molecule has 3 N–H and O–H groups in total. The Morgan fingerprint density at radius 3 is 3.00 bits per heavy atom. The molecule has 0 bridgehead atoms. The van der Waals surface area contributed by atoms with Crippen LogP contribution < -0.4 is 10.6 Å². The van der Waals surface area contributed by atoms with Crippen LogP contribution in [0.2, 0.25) is 0 Å². The standard InChI is InChI=1S/C14H14N6O3/c1-23-14(22)17-11-7-20(19-18-11)8-12(21)16-10-4-2-3-9-5-6-15-13(9)10/h2-7,15H,8H2,1H3,(H,16,21)(H,17,22). The first-order valence-corrected chi connectivity index (χ1v) is 6.77. The third kappa shape index (κ3) is 3.28. The Hall–Kier alpha value is -3.36. The van der Waals surface area contributed by atoms with E-state index in [0.717, 1.165) is 10.9 Å². The summed E-state index contributed by atoms with van der Waals surface area (Å²) in [5, 5.41) is 13.7. The molecule has 3 aromatic rings. The van der Waals surface area contributed by atoms with Crippen LogP contribution in [0.25, 0.3) is 10.9 Å². The molecular weight excluding hydrogens is 300 g/mol. The van der Waals surface area contributed by atoms with Crippen LogP contribution >= 0.6 is 0 Å². The van der Waals surface area contributed by atoms with E-state index in [0.29, 0.717) is 5.69 Å². The van der Waals surface area contributed by atoms with E-state index < -0.39 is 6.09 Å². The van der Waals surface area contributed by atoms with Crippen molar-refractivity contribution in [3.8, 4) is 0 Å². The van der Waals surface area contributed by atoms with Crippen molar-refractivity contribution < 1.29 is 14.3 Å². The number of benzene rings is 1. The average Bonchev–Trinajstić information content (AvgIpc) is 3.17. The minimum Gasteiger partial charge on any atom is -0.453 e. The number of amides is 2. The van der Waals surface area contributed by atoms with Crippen LogP contribution in [-0.2, 0) is 16.1 Å². The zero-order valence-electron chi connectivity index (χ0n) is 12.2. The molecule has 2 aromatic heterocycles. The highest BCUT2D eigenvalue weighted by atomic mass is 16.5. The second-order valence-corrected chi connectivity index (χ2v) is 4.71. The highest BCUT2D eigenvalue weighted by molar-refractivity contribution is 6.00. The Morgan fingerprint density at radius 1 is 1.30 bits per heavy atom. The van der Waals surface area contributed by atoms with Gasteiger partial charge in [-0.05, 0) is 12.1 Å². The number of H-pyrrole nitrogens is 1. The molecule has 1 aromatic carbocycles. The van der Waals surface area contributed by atoms with Gasteiger partial charge in [-0.25, -0.2) is 9.48 Å². The van der Waals surface area contributed by atoms with E-state index in [1.165, 1.54) is 18.0 Å². The number of fused-ring (bicyclic) bond motifs is 1.